The highest BCUT2D eigenvalue weighted by Gasteiger charge is 2.24. The van der Waals surface area contributed by atoms with Crippen LogP contribution in [0.1, 0.15) is 36.0 Å². The number of aliphatic hydroxyl groups excluding tert-OH is 1. The van der Waals surface area contributed by atoms with Gasteiger partial charge in [-0.25, -0.2) is 4.98 Å². The molecule has 1 saturated carbocycles. The van der Waals surface area contributed by atoms with Crippen molar-refractivity contribution >= 4 is 17.5 Å². The molecule has 0 saturated heterocycles. The minimum Gasteiger partial charge on any atom is -0.391 e. The number of amides is 1. The van der Waals surface area contributed by atoms with E-state index in [-0.39, 0.29) is 11.9 Å². The molecule has 1 aliphatic rings. The molecular formula is C12H15ClN2O2. The third kappa shape index (κ3) is 3.17. The van der Waals surface area contributed by atoms with E-state index in [2.05, 4.69) is 10.3 Å². The highest BCUT2D eigenvalue weighted by Crippen LogP contribution is 2.19. The molecule has 1 aliphatic carbocycles. The number of pyridine rings is 1. The van der Waals surface area contributed by atoms with Crippen LogP contribution in [0.2, 0.25) is 5.15 Å². The molecule has 0 unspecified atom stereocenters. The zero-order valence-corrected chi connectivity index (χ0v) is 10.2. The standard InChI is InChI=1S/C12H15ClN2O2/c13-11-7-8(5-6-14-11)12(17)15-9-3-1-2-4-10(9)16/h5-7,9-10,16H,1-4H2,(H,15,17)/t9-,10-/m1/s1. The number of carbonyl (C=O) groups excluding carboxylic acids is 1. The number of halogens is 1. The number of nitrogens with zero attached hydrogens (tertiary/aromatic N) is 1. The number of nitrogens with one attached hydrogen (secondary N) is 1. The van der Waals surface area contributed by atoms with Gasteiger partial charge in [0.05, 0.1) is 12.1 Å². The van der Waals surface area contributed by atoms with Gasteiger partial charge in [-0.2, -0.15) is 0 Å². The van der Waals surface area contributed by atoms with E-state index in [0.29, 0.717) is 10.7 Å². The zero-order valence-electron chi connectivity index (χ0n) is 9.40. The Balaban J connectivity index is 2.01. The molecular weight excluding hydrogens is 240 g/mol. The molecule has 0 aromatic carbocycles. The first-order valence-corrected chi connectivity index (χ1v) is 6.15. The van der Waals surface area contributed by atoms with Crippen molar-refractivity contribution in [3.8, 4) is 0 Å². The van der Waals surface area contributed by atoms with Gasteiger partial charge in [0.1, 0.15) is 5.15 Å². The van der Waals surface area contributed by atoms with Crippen molar-refractivity contribution < 1.29 is 9.90 Å². The molecule has 1 fully saturated rings. The summed E-state index contributed by atoms with van der Waals surface area (Å²) < 4.78 is 0. The molecule has 2 N–H and O–H groups in total. The predicted molar refractivity (Wildman–Crippen MR) is 65.0 cm³/mol. The van der Waals surface area contributed by atoms with Gasteiger partial charge in [0.2, 0.25) is 0 Å². The van der Waals surface area contributed by atoms with Crippen molar-refractivity contribution in [2.45, 2.75) is 37.8 Å². The zero-order chi connectivity index (χ0) is 12.3. The van der Waals surface area contributed by atoms with Gasteiger partial charge in [-0.15, -0.1) is 0 Å². The maximum Gasteiger partial charge on any atom is 0.251 e. The topological polar surface area (TPSA) is 62.2 Å². The first-order valence-electron chi connectivity index (χ1n) is 5.77. The Morgan fingerprint density at radius 3 is 2.94 bits per heavy atom. The van der Waals surface area contributed by atoms with E-state index < -0.39 is 6.10 Å². The molecule has 4 nitrogen and oxygen atoms in total. The molecule has 2 rings (SSSR count). The van der Waals surface area contributed by atoms with Crippen LogP contribution in [-0.2, 0) is 0 Å². The van der Waals surface area contributed by atoms with Crippen LogP contribution in [0.4, 0.5) is 0 Å². The second kappa shape index (κ2) is 5.47. The van der Waals surface area contributed by atoms with Gasteiger partial charge in [-0.1, -0.05) is 24.4 Å². The van der Waals surface area contributed by atoms with Gasteiger partial charge in [0.15, 0.2) is 0 Å². The van der Waals surface area contributed by atoms with Crippen molar-refractivity contribution in [1.29, 1.82) is 0 Å². The molecule has 0 spiro atoms. The lowest BCUT2D eigenvalue weighted by Crippen LogP contribution is -2.45. The molecule has 0 aliphatic heterocycles. The van der Waals surface area contributed by atoms with Crippen molar-refractivity contribution in [2.75, 3.05) is 0 Å². The van der Waals surface area contributed by atoms with Crippen LogP contribution in [-0.4, -0.2) is 28.1 Å². The van der Waals surface area contributed by atoms with Crippen LogP contribution in [0.5, 0.6) is 0 Å². The van der Waals surface area contributed by atoms with Crippen LogP contribution in [0.3, 0.4) is 0 Å². The summed E-state index contributed by atoms with van der Waals surface area (Å²) in [4.78, 5) is 15.7. The summed E-state index contributed by atoms with van der Waals surface area (Å²) in [7, 11) is 0. The van der Waals surface area contributed by atoms with Gasteiger partial charge >= 0.3 is 0 Å². The summed E-state index contributed by atoms with van der Waals surface area (Å²) in [6.45, 7) is 0. The second-order valence-corrected chi connectivity index (χ2v) is 4.69. The molecule has 0 bridgehead atoms. The Morgan fingerprint density at radius 2 is 2.24 bits per heavy atom. The fourth-order valence-electron chi connectivity index (χ4n) is 2.08. The van der Waals surface area contributed by atoms with Gasteiger partial charge in [0.25, 0.3) is 5.91 Å². The number of hydrogen-bond acceptors (Lipinski definition) is 3. The third-order valence-corrected chi connectivity index (χ3v) is 3.24. The lowest BCUT2D eigenvalue weighted by molar-refractivity contribution is 0.0717. The Kier molecular flexibility index (Phi) is 3.97. The largest absolute Gasteiger partial charge is 0.391 e. The first kappa shape index (κ1) is 12.3. The van der Waals surface area contributed by atoms with Crippen LogP contribution in [0.15, 0.2) is 18.3 Å². The van der Waals surface area contributed by atoms with Crippen LogP contribution in [0.25, 0.3) is 0 Å². The van der Waals surface area contributed by atoms with E-state index in [0.717, 1.165) is 25.7 Å². The fourth-order valence-corrected chi connectivity index (χ4v) is 2.25. The van der Waals surface area contributed by atoms with Crippen molar-refractivity contribution in [3.63, 3.8) is 0 Å². The summed E-state index contributed by atoms with van der Waals surface area (Å²) >= 11 is 5.72. The van der Waals surface area contributed by atoms with E-state index in [4.69, 9.17) is 11.6 Å². The van der Waals surface area contributed by atoms with Gasteiger partial charge < -0.3 is 10.4 Å². The first-order chi connectivity index (χ1) is 8.16. The number of aliphatic hydroxyl groups is 1. The quantitative estimate of drug-likeness (QED) is 0.791. The number of carbonyl (C=O) groups is 1. The Hall–Kier alpha value is -1.13. The van der Waals surface area contributed by atoms with E-state index in [1.165, 1.54) is 12.3 Å². The smallest absolute Gasteiger partial charge is 0.251 e. The van der Waals surface area contributed by atoms with Crippen molar-refractivity contribution in [2.24, 2.45) is 0 Å². The lowest BCUT2D eigenvalue weighted by Gasteiger charge is -2.28. The minimum absolute atomic E-state index is 0.150. The van der Waals surface area contributed by atoms with E-state index in [9.17, 15) is 9.90 Å². The number of aromatic nitrogens is 1. The average Bonchev–Trinajstić information content (AvgIpc) is 2.32. The normalized spacial score (nSPS) is 24.4. The molecule has 92 valence electrons. The predicted octanol–water partition coefficient (Wildman–Crippen LogP) is 1.77. The van der Waals surface area contributed by atoms with Crippen LogP contribution in [0, 0.1) is 0 Å². The fraction of sp³-hybridized carbons (Fsp3) is 0.500. The highest BCUT2D eigenvalue weighted by atomic mass is 35.5. The Bertz CT molecular complexity index is 411. The van der Waals surface area contributed by atoms with Gasteiger partial charge in [-0.3, -0.25) is 4.79 Å². The van der Waals surface area contributed by atoms with Crippen molar-refractivity contribution in [3.05, 3.63) is 29.0 Å². The molecule has 17 heavy (non-hydrogen) atoms. The van der Waals surface area contributed by atoms with Crippen molar-refractivity contribution in [1.82, 2.24) is 10.3 Å². The molecule has 1 aromatic rings. The number of rotatable bonds is 2. The third-order valence-electron chi connectivity index (χ3n) is 3.03. The van der Waals surface area contributed by atoms with E-state index in [1.54, 1.807) is 6.07 Å². The summed E-state index contributed by atoms with van der Waals surface area (Å²) in [6.07, 6.45) is 4.70. The lowest BCUT2D eigenvalue weighted by atomic mass is 9.92. The Labute approximate surface area is 105 Å². The maximum atomic E-state index is 11.9. The number of hydrogen-bond donors (Lipinski definition) is 2. The molecule has 1 amide bonds. The summed E-state index contributed by atoms with van der Waals surface area (Å²) in [5.41, 5.74) is 0.475. The summed E-state index contributed by atoms with van der Waals surface area (Å²) in [5, 5.41) is 12.9. The minimum atomic E-state index is -0.440. The van der Waals surface area contributed by atoms with Crippen LogP contribution < -0.4 is 5.32 Å². The highest BCUT2D eigenvalue weighted by molar-refractivity contribution is 6.29. The van der Waals surface area contributed by atoms with Gasteiger partial charge in [-0.05, 0) is 25.0 Å². The van der Waals surface area contributed by atoms with E-state index in [1.807, 2.05) is 0 Å². The SMILES string of the molecule is O=C(N[C@@H]1CCCC[C@H]1O)c1ccnc(Cl)c1. The summed E-state index contributed by atoms with van der Waals surface area (Å²) in [6, 6.07) is 2.98. The second-order valence-electron chi connectivity index (χ2n) is 4.30. The molecule has 1 aromatic heterocycles. The molecule has 0 radical (unpaired) electrons. The molecule has 5 heteroatoms. The Morgan fingerprint density at radius 1 is 1.47 bits per heavy atom. The average molecular weight is 255 g/mol. The monoisotopic (exact) mass is 254 g/mol. The maximum absolute atomic E-state index is 11.9. The van der Waals surface area contributed by atoms with Crippen LogP contribution >= 0.6 is 11.6 Å². The van der Waals surface area contributed by atoms with Gasteiger partial charge in [0, 0.05) is 11.8 Å². The summed E-state index contributed by atoms with van der Waals surface area (Å²) in [5.74, 6) is -0.208. The van der Waals surface area contributed by atoms with E-state index >= 15 is 0 Å². The molecule has 2 atom stereocenters. The molecule has 1 heterocycles.